The van der Waals surface area contributed by atoms with Crippen molar-refractivity contribution in [3.05, 3.63) is 71.4 Å². The molecule has 3 atom stereocenters. The molecule has 9 nitrogen and oxygen atoms in total. The van der Waals surface area contributed by atoms with Gasteiger partial charge >= 0.3 is 12.1 Å². The van der Waals surface area contributed by atoms with Crippen LogP contribution in [0.3, 0.4) is 0 Å². The molecule has 2 aliphatic carbocycles. The number of carbonyl (C=O) groups excluding carboxylic acids is 2. The second-order valence-electron chi connectivity index (χ2n) is 9.39. The quantitative estimate of drug-likeness (QED) is 0.590. The number of carboxylic acids is 1. The van der Waals surface area contributed by atoms with Crippen LogP contribution in [0.15, 0.2) is 54.6 Å². The van der Waals surface area contributed by atoms with E-state index in [1.54, 1.807) is 11.9 Å². The molecule has 3 aliphatic rings. The smallest absolute Gasteiger partial charge is 0.412 e. The van der Waals surface area contributed by atoms with Gasteiger partial charge in [-0.1, -0.05) is 48.5 Å². The number of aliphatic carboxylic acids is 1. The lowest BCUT2D eigenvalue weighted by Gasteiger charge is -2.17. The first-order chi connectivity index (χ1) is 16.9. The Bertz CT molecular complexity index is 1310. The van der Waals surface area contributed by atoms with Crippen LogP contribution in [-0.4, -0.2) is 57.5 Å². The Morgan fingerprint density at radius 1 is 1.03 bits per heavy atom. The SMILES string of the molecule is Cn1nc(C(=O)N2C[C@@H]3C(C(=O)O)[C@@H]3C2)cc1NC(=O)OCC1c2ccccc2-c2ccccc21. The molecule has 0 spiro atoms. The third-order valence-electron chi connectivity index (χ3n) is 7.44. The molecule has 0 radical (unpaired) electrons. The molecule has 2 heterocycles. The van der Waals surface area contributed by atoms with Crippen LogP contribution in [0.2, 0.25) is 0 Å². The zero-order valence-corrected chi connectivity index (χ0v) is 19.0. The number of amides is 2. The van der Waals surface area contributed by atoms with E-state index in [9.17, 15) is 14.4 Å². The monoisotopic (exact) mass is 472 g/mol. The molecule has 2 aromatic carbocycles. The summed E-state index contributed by atoms with van der Waals surface area (Å²) in [6.07, 6.45) is -0.624. The summed E-state index contributed by atoms with van der Waals surface area (Å²) in [7, 11) is 1.64. The molecule has 2 amide bonds. The molecule has 1 saturated heterocycles. The van der Waals surface area contributed by atoms with Gasteiger partial charge in [0.1, 0.15) is 12.4 Å². The summed E-state index contributed by atoms with van der Waals surface area (Å²) in [5.74, 6) is -1.05. The van der Waals surface area contributed by atoms with Crippen LogP contribution in [0, 0.1) is 17.8 Å². The number of hydrogen-bond donors (Lipinski definition) is 2. The number of nitrogens with zero attached hydrogens (tertiary/aromatic N) is 3. The van der Waals surface area contributed by atoms with Crippen molar-refractivity contribution in [1.82, 2.24) is 14.7 Å². The lowest BCUT2D eigenvalue weighted by atomic mass is 9.98. The van der Waals surface area contributed by atoms with Crippen molar-refractivity contribution in [2.75, 3.05) is 25.0 Å². The fourth-order valence-corrected chi connectivity index (χ4v) is 5.65. The van der Waals surface area contributed by atoms with Crippen molar-refractivity contribution in [2.45, 2.75) is 5.92 Å². The van der Waals surface area contributed by atoms with Crippen molar-refractivity contribution < 1.29 is 24.2 Å². The van der Waals surface area contributed by atoms with Crippen LogP contribution < -0.4 is 5.32 Å². The molecule has 6 rings (SSSR count). The Balaban J connectivity index is 1.09. The highest BCUT2D eigenvalue weighted by Crippen LogP contribution is 2.52. The van der Waals surface area contributed by atoms with Gasteiger partial charge in [0.2, 0.25) is 0 Å². The number of aromatic nitrogens is 2. The highest BCUT2D eigenvalue weighted by molar-refractivity contribution is 5.95. The van der Waals surface area contributed by atoms with Gasteiger partial charge in [0, 0.05) is 32.1 Å². The second-order valence-corrected chi connectivity index (χ2v) is 9.39. The predicted octanol–water partition coefficient (Wildman–Crippen LogP) is 3.18. The Labute approximate surface area is 201 Å². The number of carbonyl (C=O) groups is 3. The minimum atomic E-state index is -0.792. The first-order valence-electron chi connectivity index (χ1n) is 11.6. The number of hydrogen-bond acceptors (Lipinski definition) is 5. The van der Waals surface area contributed by atoms with Gasteiger partial charge < -0.3 is 14.7 Å². The van der Waals surface area contributed by atoms with Crippen LogP contribution in [0.1, 0.15) is 27.5 Å². The molecule has 2 fully saturated rings. The molecule has 178 valence electrons. The largest absolute Gasteiger partial charge is 0.481 e. The first kappa shape index (κ1) is 21.4. The van der Waals surface area contributed by atoms with E-state index in [-0.39, 0.29) is 41.9 Å². The molecule has 9 heteroatoms. The fraction of sp³-hybridized carbons (Fsp3) is 0.308. The highest BCUT2D eigenvalue weighted by Gasteiger charge is 2.60. The minimum absolute atomic E-state index is 0.0265. The number of likely N-dealkylation sites (tertiary alicyclic amines) is 1. The van der Waals surface area contributed by atoms with Crippen molar-refractivity contribution in [3.63, 3.8) is 0 Å². The van der Waals surface area contributed by atoms with Crippen LogP contribution in [-0.2, 0) is 16.6 Å². The van der Waals surface area contributed by atoms with Crippen LogP contribution in [0.25, 0.3) is 11.1 Å². The van der Waals surface area contributed by atoms with Gasteiger partial charge in [-0.05, 0) is 34.1 Å². The number of piperidine rings is 1. The number of benzene rings is 2. The lowest BCUT2D eigenvalue weighted by Crippen LogP contribution is -2.32. The molecule has 1 saturated carbocycles. The predicted molar refractivity (Wildman–Crippen MR) is 126 cm³/mol. The van der Waals surface area contributed by atoms with Crippen molar-refractivity contribution in [3.8, 4) is 11.1 Å². The van der Waals surface area contributed by atoms with Crippen LogP contribution >= 0.6 is 0 Å². The molecule has 1 aromatic heterocycles. The van der Waals surface area contributed by atoms with Gasteiger partial charge in [0.15, 0.2) is 5.69 Å². The molecule has 1 unspecified atom stereocenters. The number of nitrogens with one attached hydrogen (secondary N) is 1. The molecular weight excluding hydrogens is 448 g/mol. The van der Waals surface area contributed by atoms with E-state index in [2.05, 4.69) is 34.7 Å². The highest BCUT2D eigenvalue weighted by atomic mass is 16.5. The second kappa shape index (κ2) is 7.97. The maximum absolute atomic E-state index is 12.8. The van der Waals surface area contributed by atoms with Gasteiger partial charge in [0.05, 0.1) is 5.92 Å². The number of rotatable bonds is 5. The Hall–Kier alpha value is -4.14. The number of anilines is 1. The van der Waals surface area contributed by atoms with Gasteiger partial charge in [-0.25, -0.2) is 4.79 Å². The normalized spacial score (nSPS) is 21.7. The maximum atomic E-state index is 12.8. The number of aryl methyl sites for hydroxylation is 1. The summed E-state index contributed by atoms with van der Waals surface area (Å²) in [4.78, 5) is 38.2. The molecule has 35 heavy (non-hydrogen) atoms. The van der Waals surface area contributed by atoms with Crippen LogP contribution in [0.5, 0.6) is 0 Å². The van der Waals surface area contributed by atoms with Gasteiger partial charge in [-0.3, -0.25) is 19.6 Å². The Morgan fingerprint density at radius 3 is 2.23 bits per heavy atom. The van der Waals surface area contributed by atoms with Crippen molar-refractivity contribution in [2.24, 2.45) is 24.8 Å². The number of fused-ring (bicyclic) bond motifs is 4. The number of carboxylic acid groups (broad SMARTS) is 1. The zero-order chi connectivity index (χ0) is 24.3. The van der Waals surface area contributed by atoms with Crippen molar-refractivity contribution >= 4 is 23.8 Å². The van der Waals surface area contributed by atoms with Gasteiger partial charge in [-0.15, -0.1) is 0 Å². The summed E-state index contributed by atoms with van der Waals surface area (Å²) >= 11 is 0. The Kier molecular flexibility index (Phi) is 4.87. The lowest BCUT2D eigenvalue weighted by molar-refractivity contribution is -0.139. The van der Waals surface area contributed by atoms with E-state index in [1.807, 2.05) is 24.3 Å². The van der Waals surface area contributed by atoms with Crippen molar-refractivity contribution in [1.29, 1.82) is 0 Å². The summed E-state index contributed by atoms with van der Waals surface area (Å²) in [5, 5.41) is 16.1. The summed E-state index contributed by atoms with van der Waals surface area (Å²) in [6, 6.07) is 17.8. The summed E-state index contributed by atoms with van der Waals surface area (Å²) in [6.45, 7) is 1.03. The van der Waals surface area contributed by atoms with E-state index < -0.39 is 12.1 Å². The average molecular weight is 473 g/mol. The fourth-order valence-electron chi connectivity index (χ4n) is 5.65. The Morgan fingerprint density at radius 2 is 1.63 bits per heavy atom. The minimum Gasteiger partial charge on any atom is -0.481 e. The zero-order valence-electron chi connectivity index (χ0n) is 19.0. The third kappa shape index (κ3) is 3.54. The van der Waals surface area contributed by atoms with Crippen LogP contribution in [0.4, 0.5) is 10.6 Å². The number of ether oxygens (including phenoxy) is 1. The third-order valence-corrected chi connectivity index (χ3v) is 7.44. The maximum Gasteiger partial charge on any atom is 0.412 e. The average Bonchev–Trinajstić information content (AvgIpc) is 3.14. The molecular formula is C26H24N4O5. The standard InChI is InChI=1S/C26H24N4O5/c1-29-22(10-21(28-29)24(31)30-11-18-19(12-30)23(18)25(32)33)27-26(34)35-13-20-16-8-4-2-6-14(16)15-7-3-5-9-17(15)20/h2-10,18-20,23H,11-13H2,1H3,(H,27,34)(H,32,33)/t18-,19+,23?. The van der Waals surface area contributed by atoms with E-state index >= 15 is 0 Å². The molecule has 2 N–H and O–H groups in total. The first-order valence-corrected chi connectivity index (χ1v) is 11.6. The molecule has 3 aromatic rings. The van der Waals surface area contributed by atoms with E-state index in [1.165, 1.54) is 10.7 Å². The van der Waals surface area contributed by atoms with Gasteiger partial charge in [-0.2, -0.15) is 5.10 Å². The van der Waals surface area contributed by atoms with E-state index in [0.717, 1.165) is 22.3 Å². The summed E-state index contributed by atoms with van der Waals surface area (Å²) < 4.78 is 7.00. The molecule has 0 bridgehead atoms. The topological polar surface area (TPSA) is 114 Å². The summed E-state index contributed by atoms with van der Waals surface area (Å²) in [5.41, 5.74) is 4.77. The van der Waals surface area contributed by atoms with E-state index in [0.29, 0.717) is 18.9 Å². The van der Waals surface area contributed by atoms with E-state index in [4.69, 9.17) is 9.84 Å². The molecule has 1 aliphatic heterocycles. The van der Waals surface area contributed by atoms with Gasteiger partial charge in [0.25, 0.3) is 5.91 Å².